The number of carbonyl (C=O) groups excluding carboxylic acids is 2. The Bertz CT molecular complexity index is 967. The Morgan fingerprint density at radius 1 is 1.23 bits per heavy atom. The highest BCUT2D eigenvalue weighted by Gasteiger charge is 2.58. The molecular formula is C20H25F3N2O4S. The molecule has 166 valence electrons. The predicted octanol–water partition coefficient (Wildman–Crippen LogP) is 3.08. The summed E-state index contributed by atoms with van der Waals surface area (Å²) in [6.45, 7) is 5.33. The van der Waals surface area contributed by atoms with Crippen LogP contribution in [-0.2, 0) is 19.6 Å². The van der Waals surface area contributed by atoms with Crippen molar-refractivity contribution in [1.29, 1.82) is 0 Å². The molecule has 2 rings (SSSR count). The molecule has 30 heavy (non-hydrogen) atoms. The maximum Gasteiger partial charge on any atom is 0.411 e. The number of hydrogen-bond donors (Lipinski definition) is 2. The van der Waals surface area contributed by atoms with Crippen LogP contribution in [0, 0.1) is 12.8 Å². The van der Waals surface area contributed by atoms with Crippen LogP contribution in [0.25, 0.3) is 5.57 Å². The second kappa shape index (κ2) is 8.41. The van der Waals surface area contributed by atoms with Crippen molar-refractivity contribution in [2.45, 2.75) is 51.7 Å². The number of aryl methyl sites for hydroxylation is 1. The molecule has 1 aliphatic heterocycles. The molecule has 1 aromatic carbocycles. The quantitative estimate of drug-likeness (QED) is 0.657. The summed E-state index contributed by atoms with van der Waals surface area (Å²) in [4.78, 5) is 25.3. The van der Waals surface area contributed by atoms with Crippen molar-refractivity contribution in [3.8, 4) is 0 Å². The number of carbonyl (C=O) groups is 2. The fourth-order valence-corrected chi connectivity index (χ4v) is 3.75. The fraction of sp³-hybridized carbons (Fsp3) is 0.500. The van der Waals surface area contributed by atoms with Gasteiger partial charge in [0.05, 0.1) is 6.26 Å². The van der Waals surface area contributed by atoms with Crippen LogP contribution in [0.15, 0.2) is 29.8 Å². The highest BCUT2D eigenvalue weighted by Crippen LogP contribution is 2.45. The molecule has 6 nitrogen and oxygen atoms in total. The smallest absolute Gasteiger partial charge is 0.337 e. The second-order valence-corrected chi connectivity index (χ2v) is 9.81. The minimum Gasteiger partial charge on any atom is -0.337 e. The van der Waals surface area contributed by atoms with E-state index in [-0.39, 0.29) is 29.9 Å². The third kappa shape index (κ3) is 5.41. The summed E-state index contributed by atoms with van der Waals surface area (Å²) in [7, 11) is -4.02. The van der Waals surface area contributed by atoms with E-state index in [1.54, 1.807) is 37.6 Å². The lowest BCUT2D eigenvalue weighted by molar-refractivity contribution is -0.200. The molecule has 0 saturated carbocycles. The average molecular weight is 446 g/mol. The summed E-state index contributed by atoms with van der Waals surface area (Å²) in [6, 6.07) is 6.32. The lowest BCUT2D eigenvalue weighted by atomic mass is 9.77. The van der Waals surface area contributed by atoms with Crippen molar-refractivity contribution >= 4 is 27.4 Å². The summed E-state index contributed by atoms with van der Waals surface area (Å²) < 4.78 is 67.1. The lowest BCUT2D eigenvalue weighted by Gasteiger charge is -2.41. The van der Waals surface area contributed by atoms with E-state index in [2.05, 4.69) is 0 Å². The molecule has 0 fully saturated rings. The molecule has 0 bridgehead atoms. The Hall–Kier alpha value is -2.36. The van der Waals surface area contributed by atoms with Gasteiger partial charge in [0, 0.05) is 6.42 Å². The molecule has 0 radical (unpaired) electrons. The van der Waals surface area contributed by atoms with E-state index in [1.165, 1.54) is 12.1 Å². The molecule has 1 aromatic rings. The van der Waals surface area contributed by atoms with E-state index in [0.717, 1.165) is 11.8 Å². The van der Waals surface area contributed by atoms with Crippen molar-refractivity contribution in [3.05, 3.63) is 41.0 Å². The van der Waals surface area contributed by atoms with Gasteiger partial charge < -0.3 is 5.32 Å². The Morgan fingerprint density at radius 3 is 2.27 bits per heavy atom. The first kappa shape index (κ1) is 23.9. The van der Waals surface area contributed by atoms with Gasteiger partial charge in [0.15, 0.2) is 0 Å². The molecule has 1 heterocycles. The van der Waals surface area contributed by atoms with E-state index in [4.69, 9.17) is 0 Å². The van der Waals surface area contributed by atoms with E-state index < -0.39 is 45.5 Å². The van der Waals surface area contributed by atoms with Gasteiger partial charge in [0.25, 0.3) is 11.8 Å². The first-order chi connectivity index (χ1) is 13.7. The van der Waals surface area contributed by atoms with E-state index in [1.807, 2.05) is 5.32 Å². The minimum atomic E-state index is -4.77. The van der Waals surface area contributed by atoms with Crippen LogP contribution in [-0.4, -0.2) is 38.2 Å². The Morgan fingerprint density at radius 2 is 1.80 bits per heavy atom. The second-order valence-electron chi connectivity index (χ2n) is 8.07. The molecule has 0 spiro atoms. The molecule has 0 aromatic heterocycles. The van der Waals surface area contributed by atoms with Crippen LogP contribution in [0.4, 0.5) is 13.2 Å². The zero-order valence-corrected chi connectivity index (χ0v) is 18.0. The SMILES string of the molecule is Cc1ccc(C2=C(C(=O)NS(C)(=O)=O)C(=O)N[C@@](CCC(C)C)(C(F)(F)F)C2)cc1. The van der Waals surface area contributed by atoms with Gasteiger partial charge in [0.2, 0.25) is 10.0 Å². The number of rotatable bonds is 6. The van der Waals surface area contributed by atoms with Crippen LogP contribution in [0.2, 0.25) is 0 Å². The monoisotopic (exact) mass is 446 g/mol. The maximum atomic E-state index is 14.1. The van der Waals surface area contributed by atoms with Crippen molar-refractivity contribution in [2.75, 3.05) is 6.26 Å². The zero-order valence-electron chi connectivity index (χ0n) is 17.2. The molecule has 0 unspecified atom stereocenters. The third-order valence-electron chi connectivity index (χ3n) is 4.96. The zero-order chi connectivity index (χ0) is 22.9. The molecule has 0 saturated heterocycles. The highest BCUT2D eigenvalue weighted by molar-refractivity contribution is 7.89. The van der Waals surface area contributed by atoms with Crippen LogP contribution in [0.3, 0.4) is 0 Å². The number of nitrogens with one attached hydrogen (secondary N) is 2. The Kier molecular flexibility index (Phi) is 6.70. The lowest BCUT2D eigenvalue weighted by Crippen LogP contribution is -2.62. The summed E-state index contributed by atoms with van der Waals surface area (Å²) >= 11 is 0. The standard InChI is InChI=1S/C20H25F3N2O4S/c1-12(2)9-10-19(20(21,22)23)11-15(14-7-5-13(3)6-8-14)16(17(26)24-19)18(27)25-30(4,28)29/h5-8,12H,9-11H2,1-4H3,(H,24,26)(H,25,27)/t19-/m1/s1. The summed E-state index contributed by atoms with van der Waals surface area (Å²) in [5.74, 6) is -2.55. The van der Waals surface area contributed by atoms with Crippen LogP contribution in [0.1, 0.15) is 44.2 Å². The van der Waals surface area contributed by atoms with Crippen molar-refractivity contribution in [1.82, 2.24) is 10.0 Å². The predicted molar refractivity (Wildman–Crippen MR) is 107 cm³/mol. The van der Waals surface area contributed by atoms with Gasteiger partial charge in [-0.05, 0) is 36.8 Å². The van der Waals surface area contributed by atoms with Crippen molar-refractivity contribution in [3.63, 3.8) is 0 Å². The summed E-state index contributed by atoms with van der Waals surface area (Å²) in [6.07, 6.45) is -4.89. The van der Waals surface area contributed by atoms with E-state index in [9.17, 15) is 31.2 Å². The molecule has 10 heteroatoms. The van der Waals surface area contributed by atoms with E-state index >= 15 is 0 Å². The number of alkyl halides is 3. The molecule has 1 aliphatic rings. The van der Waals surface area contributed by atoms with Gasteiger partial charge in [-0.15, -0.1) is 0 Å². The highest BCUT2D eigenvalue weighted by atomic mass is 32.2. The van der Waals surface area contributed by atoms with Gasteiger partial charge in [-0.3, -0.25) is 9.59 Å². The van der Waals surface area contributed by atoms with Crippen molar-refractivity contribution < 1.29 is 31.2 Å². The molecule has 2 amide bonds. The van der Waals surface area contributed by atoms with Gasteiger partial charge in [-0.1, -0.05) is 43.7 Å². The molecule has 1 atom stereocenters. The van der Waals surface area contributed by atoms with Crippen molar-refractivity contribution in [2.24, 2.45) is 5.92 Å². The Balaban J connectivity index is 2.67. The van der Waals surface area contributed by atoms with E-state index in [0.29, 0.717) is 0 Å². The number of halogens is 3. The molecular weight excluding hydrogens is 421 g/mol. The van der Waals surface area contributed by atoms with Gasteiger partial charge in [0.1, 0.15) is 11.1 Å². The van der Waals surface area contributed by atoms with Gasteiger partial charge in [-0.25, -0.2) is 13.1 Å². The summed E-state index contributed by atoms with van der Waals surface area (Å²) in [5, 5.41) is 1.98. The fourth-order valence-electron chi connectivity index (χ4n) is 3.31. The maximum absolute atomic E-state index is 14.1. The third-order valence-corrected chi connectivity index (χ3v) is 5.51. The van der Waals surface area contributed by atoms with Crippen LogP contribution in [0.5, 0.6) is 0 Å². The number of hydrogen-bond acceptors (Lipinski definition) is 4. The first-order valence-corrected chi connectivity index (χ1v) is 11.3. The topological polar surface area (TPSA) is 92.3 Å². The number of benzene rings is 1. The minimum absolute atomic E-state index is 0.0390. The molecule has 0 aliphatic carbocycles. The normalized spacial score (nSPS) is 20.3. The largest absolute Gasteiger partial charge is 0.411 e. The van der Waals surface area contributed by atoms with Gasteiger partial charge in [-0.2, -0.15) is 13.2 Å². The number of sulfonamides is 1. The first-order valence-electron chi connectivity index (χ1n) is 9.37. The Labute approximate surface area is 174 Å². The van der Waals surface area contributed by atoms with Gasteiger partial charge >= 0.3 is 6.18 Å². The van der Waals surface area contributed by atoms with Crippen LogP contribution < -0.4 is 10.0 Å². The number of amides is 2. The molecule has 2 N–H and O–H groups in total. The average Bonchev–Trinajstić information content (AvgIpc) is 2.57. The summed E-state index contributed by atoms with van der Waals surface area (Å²) in [5.41, 5.74) is -2.23. The van der Waals surface area contributed by atoms with Crippen LogP contribution >= 0.6 is 0 Å².